The quantitative estimate of drug-likeness (QED) is 0.599. The van der Waals surface area contributed by atoms with Crippen LogP contribution in [0.25, 0.3) is 0 Å². The largest absolute Gasteiger partial charge is 0.357 e. The summed E-state index contributed by atoms with van der Waals surface area (Å²) in [6.45, 7) is 6.68. The minimum Gasteiger partial charge on any atom is -0.357 e. The molecule has 0 saturated carbocycles. The number of nitrogens with one attached hydrogen (secondary N) is 2. The van der Waals surface area contributed by atoms with Crippen LogP contribution in [0.15, 0.2) is 59.6 Å². The van der Waals surface area contributed by atoms with Gasteiger partial charge in [0.2, 0.25) is 0 Å². The maximum atomic E-state index is 4.79. The van der Waals surface area contributed by atoms with Gasteiger partial charge in [-0.3, -0.25) is 0 Å². The molecule has 0 spiro atoms. The van der Waals surface area contributed by atoms with Crippen LogP contribution in [0.2, 0.25) is 0 Å². The first-order chi connectivity index (χ1) is 12.1. The van der Waals surface area contributed by atoms with Crippen LogP contribution in [0, 0.1) is 0 Å². The highest BCUT2D eigenvalue weighted by Crippen LogP contribution is 2.13. The normalized spacial score (nSPS) is 12.9. The molecule has 0 aliphatic rings. The van der Waals surface area contributed by atoms with Crippen molar-refractivity contribution in [3.63, 3.8) is 0 Å². The first kappa shape index (κ1) is 19.0. The molecule has 0 fully saturated rings. The lowest BCUT2D eigenvalue weighted by Crippen LogP contribution is -2.38. The molecular formula is C21H30N4. The number of rotatable bonds is 7. The standard InChI is InChI=1S/C21H30N4/c1-5-22-21(24-17(2)18-11-7-6-8-12-18)23-15-19-13-9-10-14-20(19)16-25(3)4/h6-14,17H,5,15-16H2,1-4H3,(H2,22,23,24). The van der Waals surface area contributed by atoms with Gasteiger partial charge in [-0.1, -0.05) is 54.6 Å². The number of guanidine groups is 1. The van der Waals surface area contributed by atoms with Crippen molar-refractivity contribution >= 4 is 5.96 Å². The van der Waals surface area contributed by atoms with Crippen molar-refractivity contribution in [1.82, 2.24) is 15.5 Å². The lowest BCUT2D eigenvalue weighted by molar-refractivity contribution is 0.401. The van der Waals surface area contributed by atoms with Crippen molar-refractivity contribution in [3.05, 3.63) is 71.3 Å². The van der Waals surface area contributed by atoms with E-state index in [2.05, 4.69) is 92.0 Å². The summed E-state index contributed by atoms with van der Waals surface area (Å²) in [7, 11) is 4.18. The van der Waals surface area contributed by atoms with Gasteiger partial charge in [-0.2, -0.15) is 0 Å². The Morgan fingerprint density at radius 2 is 1.64 bits per heavy atom. The number of hydrogen-bond donors (Lipinski definition) is 2. The molecule has 2 N–H and O–H groups in total. The van der Waals surface area contributed by atoms with Gasteiger partial charge < -0.3 is 15.5 Å². The fourth-order valence-corrected chi connectivity index (χ4v) is 2.72. The van der Waals surface area contributed by atoms with Gasteiger partial charge >= 0.3 is 0 Å². The minimum absolute atomic E-state index is 0.205. The molecule has 2 aromatic carbocycles. The van der Waals surface area contributed by atoms with Crippen LogP contribution < -0.4 is 10.6 Å². The van der Waals surface area contributed by atoms with E-state index < -0.39 is 0 Å². The van der Waals surface area contributed by atoms with E-state index in [-0.39, 0.29) is 6.04 Å². The first-order valence-corrected chi connectivity index (χ1v) is 8.91. The molecular weight excluding hydrogens is 308 g/mol. The monoisotopic (exact) mass is 338 g/mol. The third kappa shape index (κ3) is 6.24. The van der Waals surface area contributed by atoms with Gasteiger partial charge in [0.25, 0.3) is 0 Å². The van der Waals surface area contributed by atoms with Gasteiger partial charge in [-0.25, -0.2) is 4.99 Å². The summed E-state index contributed by atoms with van der Waals surface area (Å²) < 4.78 is 0. The summed E-state index contributed by atoms with van der Waals surface area (Å²) in [5.41, 5.74) is 3.84. The van der Waals surface area contributed by atoms with Crippen molar-refractivity contribution in [1.29, 1.82) is 0 Å². The van der Waals surface area contributed by atoms with Gasteiger partial charge in [0.05, 0.1) is 12.6 Å². The predicted molar refractivity (Wildman–Crippen MR) is 107 cm³/mol. The highest BCUT2D eigenvalue weighted by molar-refractivity contribution is 5.80. The first-order valence-electron chi connectivity index (χ1n) is 8.91. The van der Waals surface area contributed by atoms with Gasteiger partial charge in [-0.05, 0) is 44.6 Å². The van der Waals surface area contributed by atoms with Gasteiger partial charge in [0.1, 0.15) is 0 Å². The summed E-state index contributed by atoms with van der Waals surface area (Å²) in [6.07, 6.45) is 0. The van der Waals surface area contributed by atoms with E-state index in [1.807, 2.05) is 6.07 Å². The fraction of sp³-hybridized carbons (Fsp3) is 0.381. The van der Waals surface area contributed by atoms with Crippen LogP contribution in [0.4, 0.5) is 0 Å². The Hall–Kier alpha value is -2.33. The van der Waals surface area contributed by atoms with E-state index in [1.54, 1.807) is 0 Å². The molecule has 0 radical (unpaired) electrons. The fourth-order valence-electron chi connectivity index (χ4n) is 2.72. The summed E-state index contributed by atoms with van der Waals surface area (Å²) in [6, 6.07) is 19.1. The van der Waals surface area contributed by atoms with Gasteiger partial charge in [0, 0.05) is 13.1 Å². The highest BCUT2D eigenvalue weighted by Gasteiger charge is 2.08. The maximum Gasteiger partial charge on any atom is 0.192 e. The van der Waals surface area contributed by atoms with Crippen LogP contribution in [-0.4, -0.2) is 31.5 Å². The zero-order chi connectivity index (χ0) is 18.1. The third-order valence-corrected chi connectivity index (χ3v) is 4.01. The molecule has 1 unspecified atom stereocenters. The van der Waals surface area contributed by atoms with Crippen molar-refractivity contribution in [2.24, 2.45) is 4.99 Å². The molecule has 134 valence electrons. The van der Waals surface area contributed by atoms with Crippen LogP contribution in [0.3, 0.4) is 0 Å². The zero-order valence-electron chi connectivity index (χ0n) is 15.8. The average molecular weight is 338 g/mol. The molecule has 1 atom stereocenters. The summed E-state index contributed by atoms with van der Waals surface area (Å²) >= 11 is 0. The highest BCUT2D eigenvalue weighted by atomic mass is 15.2. The predicted octanol–water partition coefficient (Wildman–Crippen LogP) is 3.56. The molecule has 0 bridgehead atoms. The molecule has 0 amide bonds. The molecule has 0 saturated heterocycles. The van der Waals surface area contributed by atoms with Crippen molar-refractivity contribution < 1.29 is 0 Å². The number of nitrogens with zero attached hydrogens (tertiary/aromatic N) is 2. The Morgan fingerprint density at radius 3 is 2.28 bits per heavy atom. The van der Waals surface area contributed by atoms with E-state index in [0.29, 0.717) is 6.54 Å². The molecule has 25 heavy (non-hydrogen) atoms. The van der Waals surface area contributed by atoms with Crippen LogP contribution in [-0.2, 0) is 13.1 Å². The van der Waals surface area contributed by atoms with Crippen LogP contribution in [0.5, 0.6) is 0 Å². The Kier molecular flexibility index (Phi) is 7.48. The summed E-state index contributed by atoms with van der Waals surface area (Å²) in [5, 5.41) is 6.84. The van der Waals surface area contributed by atoms with Gasteiger partial charge in [-0.15, -0.1) is 0 Å². The second-order valence-electron chi connectivity index (χ2n) is 6.48. The SMILES string of the molecule is CCNC(=NCc1ccccc1CN(C)C)NC(C)c1ccccc1. The van der Waals surface area contributed by atoms with E-state index in [4.69, 9.17) is 4.99 Å². The Labute approximate surface area is 152 Å². The molecule has 4 heteroatoms. The second kappa shape index (κ2) is 9.84. The lowest BCUT2D eigenvalue weighted by Gasteiger charge is -2.18. The van der Waals surface area contributed by atoms with Crippen LogP contribution in [0.1, 0.15) is 36.6 Å². The van der Waals surface area contributed by atoms with E-state index in [9.17, 15) is 0 Å². The maximum absolute atomic E-state index is 4.79. The topological polar surface area (TPSA) is 39.7 Å². The Morgan fingerprint density at radius 1 is 1.00 bits per heavy atom. The zero-order valence-corrected chi connectivity index (χ0v) is 15.8. The number of aliphatic imine (C=N–C) groups is 1. The van der Waals surface area contributed by atoms with Gasteiger partial charge in [0.15, 0.2) is 5.96 Å². The van der Waals surface area contributed by atoms with Crippen molar-refractivity contribution in [2.45, 2.75) is 33.0 Å². The van der Waals surface area contributed by atoms with Crippen LogP contribution >= 0.6 is 0 Å². The second-order valence-corrected chi connectivity index (χ2v) is 6.48. The van der Waals surface area contributed by atoms with E-state index in [0.717, 1.165) is 19.0 Å². The molecule has 0 aliphatic heterocycles. The molecule has 0 heterocycles. The Balaban J connectivity index is 2.09. The molecule has 2 aromatic rings. The van der Waals surface area contributed by atoms with Crippen molar-refractivity contribution in [3.8, 4) is 0 Å². The minimum atomic E-state index is 0.205. The molecule has 0 aliphatic carbocycles. The number of hydrogen-bond acceptors (Lipinski definition) is 2. The third-order valence-electron chi connectivity index (χ3n) is 4.01. The lowest BCUT2D eigenvalue weighted by atomic mass is 10.1. The molecule has 4 nitrogen and oxygen atoms in total. The van der Waals surface area contributed by atoms with E-state index in [1.165, 1.54) is 16.7 Å². The average Bonchev–Trinajstić information content (AvgIpc) is 2.61. The summed E-state index contributed by atoms with van der Waals surface area (Å²) in [4.78, 5) is 6.98. The molecule has 0 aromatic heterocycles. The number of benzene rings is 2. The van der Waals surface area contributed by atoms with Crippen molar-refractivity contribution in [2.75, 3.05) is 20.6 Å². The summed E-state index contributed by atoms with van der Waals surface area (Å²) in [5.74, 6) is 0.846. The van der Waals surface area contributed by atoms with E-state index >= 15 is 0 Å². The smallest absolute Gasteiger partial charge is 0.192 e. The molecule has 2 rings (SSSR count). The Bertz CT molecular complexity index is 665.